The van der Waals surface area contributed by atoms with Crippen molar-refractivity contribution in [2.75, 3.05) is 13.2 Å². The fraction of sp³-hybridized carbons (Fsp3) is 0.860. The monoisotopic (exact) mass is 789 g/mol. The van der Waals surface area contributed by atoms with E-state index in [2.05, 4.69) is 45.1 Å². The van der Waals surface area contributed by atoms with E-state index in [1.54, 1.807) is 0 Å². The highest BCUT2D eigenvalue weighted by atomic mass is 16.6. The first kappa shape index (κ1) is 53.9. The number of ether oxygens (including phenoxy) is 3. The first-order valence-electron chi connectivity index (χ1n) is 24.3. The fourth-order valence-corrected chi connectivity index (χ4v) is 6.95. The first-order valence-corrected chi connectivity index (χ1v) is 24.3. The van der Waals surface area contributed by atoms with Gasteiger partial charge in [-0.2, -0.15) is 0 Å². The first-order chi connectivity index (χ1) is 27.5. The zero-order valence-electron chi connectivity index (χ0n) is 37.4. The van der Waals surface area contributed by atoms with Crippen LogP contribution in [0.25, 0.3) is 0 Å². The lowest BCUT2D eigenvalue weighted by molar-refractivity contribution is -0.167. The number of carbonyl (C=O) groups excluding carboxylic acids is 3. The van der Waals surface area contributed by atoms with Gasteiger partial charge in [-0.15, -0.1) is 0 Å². The van der Waals surface area contributed by atoms with Crippen LogP contribution in [0.15, 0.2) is 24.3 Å². The number of rotatable bonds is 44. The Hall–Kier alpha value is -2.11. The molecular formula is C50H92O6. The van der Waals surface area contributed by atoms with Crippen LogP contribution in [0.5, 0.6) is 0 Å². The van der Waals surface area contributed by atoms with Gasteiger partial charge in [0.25, 0.3) is 0 Å². The van der Waals surface area contributed by atoms with Gasteiger partial charge < -0.3 is 14.2 Å². The van der Waals surface area contributed by atoms with Gasteiger partial charge in [-0.3, -0.25) is 14.4 Å². The van der Waals surface area contributed by atoms with Gasteiger partial charge >= 0.3 is 17.9 Å². The van der Waals surface area contributed by atoms with E-state index in [1.807, 2.05) is 0 Å². The number of allylic oxidation sites excluding steroid dienone is 4. The van der Waals surface area contributed by atoms with Gasteiger partial charge in [0.2, 0.25) is 0 Å². The second-order valence-corrected chi connectivity index (χ2v) is 16.4. The van der Waals surface area contributed by atoms with Crippen LogP contribution < -0.4 is 0 Å². The number of hydrogen-bond acceptors (Lipinski definition) is 6. The van der Waals surface area contributed by atoms with Crippen LogP contribution in [-0.4, -0.2) is 37.2 Å². The zero-order chi connectivity index (χ0) is 40.8. The van der Waals surface area contributed by atoms with E-state index in [0.29, 0.717) is 19.3 Å². The van der Waals surface area contributed by atoms with Crippen molar-refractivity contribution in [1.29, 1.82) is 0 Å². The summed E-state index contributed by atoms with van der Waals surface area (Å²) in [5.74, 6) is -0.879. The van der Waals surface area contributed by atoms with Gasteiger partial charge in [-0.1, -0.05) is 199 Å². The zero-order valence-corrected chi connectivity index (χ0v) is 37.4. The summed E-state index contributed by atoms with van der Waals surface area (Å²) < 4.78 is 16.7. The lowest BCUT2D eigenvalue weighted by atomic mass is 10.0. The van der Waals surface area contributed by atoms with E-state index < -0.39 is 6.10 Å². The number of carbonyl (C=O) groups is 3. The maximum Gasteiger partial charge on any atom is 0.306 e. The average molecular weight is 789 g/mol. The predicted octanol–water partition coefficient (Wildman–Crippen LogP) is 15.6. The van der Waals surface area contributed by atoms with Gasteiger partial charge in [0.15, 0.2) is 6.10 Å². The third kappa shape index (κ3) is 43.0. The Bertz CT molecular complexity index is 911. The maximum absolute atomic E-state index is 12.7. The second-order valence-electron chi connectivity index (χ2n) is 16.4. The topological polar surface area (TPSA) is 78.9 Å². The quantitative estimate of drug-likeness (QED) is 0.0265. The molecule has 0 radical (unpaired) electrons. The summed E-state index contributed by atoms with van der Waals surface area (Å²) >= 11 is 0. The van der Waals surface area contributed by atoms with E-state index in [4.69, 9.17) is 14.2 Å². The molecule has 0 aromatic rings. The highest BCUT2D eigenvalue weighted by Crippen LogP contribution is 2.15. The Morgan fingerprint density at radius 3 is 0.964 bits per heavy atom. The van der Waals surface area contributed by atoms with Crippen LogP contribution in [0, 0.1) is 0 Å². The summed E-state index contributed by atoms with van der Waals surface area (Å²) in [6.07, 6.45) is 50.1. The molecule has 0 aliphatic heterocycles. The summed E-state index contributed by atoms with van der Waals surface area (Å²) in [4.78, 5) is 37.8. The molecule has 0 aromatic heterocycles. The van der Waals surface area contributed by atoms with Crippen LogP contribution >= 0.6 is 0 Å². The smallest absolute Gasteiger partial charge is 0.306 e. The highest BCUT2D eigenvalue weighted by Gasteiger charge is 2.19. The van der Waals surface area contributed by atoms with E-state index >= 15 is 0 Å². The second kappa shape index (κ2) is 45.6. The van der Waals surface area contributed by atoms with Crippen molar-refractivity contribution < 1.29 is 28.6 Å². The van der Waals surface area contributed by atoms with Gasteiger partial charge in [0, 0.05) is 19.3 Å². The molecule has 0 N–H and O–H groups in total. The Morgan fingerprint density at radius 1 is 0.339 bits per heavy atom. The van der Waals surface area contributed by atoms with Crippen molar-refractivity contribution in [2.45, 2.75) is 264 Å². The van der Waals surface area contributed by atoms with Gasteiger partial charge in [0.05, 0.1) is 0 Å². The molecule has 0 heterocycles. The molecule has 0 fully saturated rings. The van der Waals surface area contributed by atoms with E-state index in [0.717, 1.165) is 64.2 Å². The molecule has 328 valence electrons. The minimum atomic E-state index is -0.769. The summed E-state index contributed by atoms with van der Waals surface area (Å²) in [5, 5.41) is 0. The van der Waals surface area contributed by atoms with Crippen molar-refractivity contribution in [1.82, 2.24) is 0 Å². The minimum absolute atomic E-state index is 0.0730. The Morgan fingerprint density at radius 2 is 0.607 bits per heavy atom. The molecular weight excluding hydrogens is 697 g/mol. The molecule has 0 saturated heterocycles. The lowest BCUT2D eigenvalue weighted by Crippen LogP contribution is -2.30. The van der Waals surface area contributed by atoms with Crippen molar-refractivity contribution in [3.63, 3.8) is 0 Å². The molecule has 0 bridgehead atoms. The van der Waals surface area contributed by atoms with Gasteiger partial charge in [0.1, 0.15) is 13.2 Å². The molecule has 1 atom stereocenters. The molecule has 0 aliphatic carbocycles. The predicted molar refractivity (Wildman–Crippen MR) is 238 cm³/mol. The van der Waals surface area contributed by atoms with Gasteiger partial charge in [-0.25, -0.2) is 0 Å². The maximum atomic E-state index is 12.7. The molecule has 0 aromatic carbocycles. The number of unbranched alkanes of at least 4 members (excludes halogenated alkanes) is 29. The summed E-state index contributed by atoms with van der Waals surface area (Å²) in [5.41, 5.74) is 0. The molecule has 0 aliphatic rings. The Labute approximate surface area is 347 Å². The van der Waals surface area contributed by atoms with Crippen molar-refractivity contribution in [3.05, 3.63) is 24.3 Å². The number of hydrogen-bond donors (Lipinski definition) is 0. The molecule has 6 nitrogen and oxygen atoms in total. The third-order valence-electron chi connectivity index (χ3n) is 10.7. The standard InChI is InChI=1S/C50H92O6/c1-4-7-10-13-16-19-22-24-25-26-29-31-34-37-40-43-49(52)55-46-47(45-54-48(51)42-39-36-33-30-27-21-18-15-12-9-6-3)56-50(53)44-41-38-35-32-28-23-20-17-14-11-8-5-2/h15,18-19,22,47H,4-14,16-17,20-21,23-46H2,1-3H3/b18-15-,22-19-/t47-/m0/s1. The normalized spacial score (nSPS) is 12.1. The fourth-order valence-electron chi connectivity index (χ4n) is 6.95. The van der Waals surface area contributed by atoms with Crippen molar-refractivity contribution >= 4 is 17.9 Å². The largest absolute Gasteiger partial charge is 0.462 e. The SMILES string of the molecule is CCCC/C=C\CCCCCCCC(=O)OC[C@@H](COC(=O)CCCCCCCCC/C=C\CCCCCC)OC(=O)CCCCCCCCCCCCCC. The van der Waals surface area contributed by atoms with Crippen LogP contribution in [-0.2, 0) is 28.6 Å². The highest BCUT2D eigenvalue weighted by molar-refractivity contribution is 5.71. The van der Waals surface area contributed by atoms with E-state index in [-0.39, 0.29) is 31.1 Å². The molecule has 0 spiro atoms. The van der Waals surface area contributed by atoms with Crippen molar-refractivity contribution in [2.24, 2.45) is 0 Å². The van der Waals surface area contributed by atoms with Crippen LogP contribution in [0.2, 0.25) is 0 Å². The van der Waals surface area contributed by atoms with E-state index in [1.165, 1.54) is 154 Å². The van der Waals surface area contributed by atoms with Gasteiger partial charge in [-0.05, 0) is 64.2 Å². The van der Waals surface area contributed by atoms with E-state index in [9.17, 15) is 14.4 Å². The Kier molecular flexibility index (Phi) is 43.9. The molecule has 0 rings (SSSR count). The average Bonchev–Trinajstić information content (AvgIpc) is 3.19. The third-order valence-corrected chi connectivity index (χ3v) is 10.7. The summed E-state index contributed by atoms with van der Waals surface area (Å²) in [7, 11) is 0. The lowest BCUT2D eigenvalue weighted by Gasteiger charge is -2.18. The molecule has 56 heavy (non-hydrogen) atoms. The Balaban J connectivity index is 4.34. The van der Waals surface area contributed by atoms with Crippen molar-refractivity contribution in [3.8, 4) is 0 Å². The van der Waals surface area contributed by atoms with Crippen LogP contribution in [0.1, 0.15) is 258 Å². The minimum Gasteiger partial charge on any atom is -0.462 e. The molecule has 0 saturated carbocycles. The van der Waals surface area contributed by atoms with Crippen LogP contribution in [0.3, 0.4) is 0 Å². The summed E-state index contributed by atoms with van der Waals surface area (Å²) in [6, 6.07) is 0. The number of esters is 3. The summed E-state index contributed by atoms with van der Waals surface area (Å²) in [6.45, 7) is 6.58. The molecule has 0 unspecified atom stereocenters. The van der Waals surface area contributed by atoms with Crippen LogP contribution in [0.4, 0.5) is 0 Å². The molecule has 6 heteroatoms. The molecule has 0 amide bonds.